The van der Waals surface area contributed by atoms with Gasteiger partial charge < -0.3 is 14.6 Å². The van der Waals surface area contributed by atoms with Crippen LogP contribution < -0.4 is 10.1 Å². The van der Waals surface area contributed by atoms with Crippen molar-refractivity contribution < 1.29 is 4.74 Å². The molecular weight excluding hydrogens is 224 g/mol. The van der Waals surface area contributed by atoms with E-state index in [-0.39, 0.29) is 0 Å². The molecule has 3 heteroatoms. The number of aromatic nitrogens is 1. The topological polar surface area (TPSA) is 26.2 Å². The summed E-state index contributed by atoms with van der Waals surface area (Å²) < 4.78 is 7.66. The molecule has 0 saturated heterocycles. The van der Waals surface area contributed by atoms with Gasteiger partial charge >= 0.3 is 0 Å². The summed E-state index contributed by atoms with van der Waals surface area (Å²) in [6, 6.07) is 5.09. The maximum absolute atomic E-state index is 5.50. The molecule has 96 valence electrons. The molecule has 1 aromatic heterocycles. The second-order valence-electron chi connectivity index (χ2n) is 5.28. The Bertz CT molecular complexity index is 582. The van der Waals surface area contributed by atoms with Crippen molar-refractivity contribution in [2.75, 3.05) is 7.11 Å². The fourth-order valence-corrected chi connectivity index (χ4v) is 2.56. The van der Waals surface area contributed by atoms with Gasteiger partial charge in [-0.05, 0) is 43.0 Å². The highest BCUT2D eigenvalue weighted by molar-refractivity contribution is 5.89. The fraction of sp³-hybridized carbons (Fsp3) is 0.467. The van der Waals surface area contributed by atoms with Crippen LogP contribution in [0.3, 0.4) is 0 Å². The number of methoxy groups -OCH3 is 1. The van der Waals surface area contributed by atoms with Crippen molar-refractivity contribution in [3.63, 3.8) is 0 Å². The number of nitrogens with one attached hydrogen (secondary N) is 1. The van der Waals surface area contributed by atoms with Crippen molar-refractivity contribution in [3.8, 4) is 5.75 Å². The Balaban J connectivity index is 2.05. The summed E-state index contributed by atoms with van der Waals surface area (Å²) >= 11 is 0. The van der Waals surface area contributed by atoms with E-state index in [2.05, 4.69) is 42.2 Å². The predicted octanol–water partition coefficient (Wildman–Crippen LogP) is 2.75. The van der Waals surface area contributed by atoms with Crippen LogP contribution in [0.25, 0.3) is 10.9 Å². The first-order valence-electron chi connectivity index (χ1n) is 6.55. The lowest BCUT2D eigenvalue weighted by Crippen LogP contribution is -2.14. The van der Waals surface area contributed by atoms with E-state index in [1.165, 1.54) is 34.9 Å². The average Bonchev–Trinajstić information content (AvgIpc) is 3.12. The summed E-state index contributed by atoms with van der Waals surface area (Å²) in [5.41, 5.74) is 3.80. The minimum atomic E-state index is 0.743. The molecule has 18 heavy (non-hydrogen) atoms. The number of nitrogens with zero attached hydrogens (tertiary/aromatic N) is 1. The third-order valence-corrected chi connectivity index (χ3v) is 3.65. The van der Waals surface area contributed by atoms with Crippen LogP contribution in [0.2, 0.25) is 0 Å². The molecule has 1 aliphatic carbocycles. The van der Waals surface area contributed by atoms with Crippen LogP contribution in [0.15, 0.2) is 18.3 Å². The van der Waals surface area contributed by atoms with E-state index < -0.39 is 0 Å². The fourth-order valence-electron chi connectivity index (χ4n) is 2.56. The Morgan fingerprint density at radius 1 is 1.39 bits per heavy atom. The lowest BCUT2D eigenvalue weighted by Gasteiger charge is -2.07. The van der Waals surface area contributed by atoms with Gasteiger partial charge in [-0.3, -0.25) is 0 Å². The zero-order valence-corrected chi connectivity index (χ0v) is 11.3. The molecule has 0 atom stereocenters. The first-order valence-corrected chi connectivity index (χ1v) is 6.55. The quantitative estimate of drug-likeness (QED) is 0.895. The molecule has 1 N–H and O–H groups in total. The molecule has 0 unspecified atom stereocenters. The maximum Gasteiger partial charge on any atom is 0.143 e. The monoisotopic (exact) mass is 244 g/mol. The maximum atomic E-state index is 5.50. The van der Waals surface area contributed by atoms with Crippen LogP contribution >= 0.6 is 0 Å². The summed E-state index contributed by atoms with van der Waals surface area (Å²) in [6.45, 7) is 3.07. The number of benzene rings is 1. The molecule has 1 aliphatic rings. The van der Waals surface area contributed by atoms with Crippen LogP contribution in [0.5, 0.6) is 5.75 Å². The number of fused-ring (bicyclic) bond motifs is 1. The van der Waals surface area contributed by atoms with Gasteiger partial charge in [0.1, 0.15) is 5.75 Å². The number of rotatable bonds is 4. The van der Waals surface area contributed by atoms with E-state index in [0.717, 1.165) is 18.3 Å². The summed E-state index contributed by atoms with van der Waals surface area (Å²) in [5.74, 6) is 0.963. The van der Waals surface area contributed by atoms with Crippen LogP contribution in [0.4, 0.5) is 0 Å². The van der Waals surface area contributed by atoms with Gasteiger partial charge in [0, 0.05) is 31.2 Å². The Labute approximate surface area is 108 Å². The van der Waals surface area contributed by atoms with Gasteiger partial charge in [-0.1, -0.05) is 0 Å². The number of aryl methyl sites for hydroxylation is 2. The molecule has 1 fully saturated rings. The molecule has 0 spiro atoms. The van der Waals surface area contributed by atoms with Gasteiger partial charge in [-0.15, -0.1) is 0 Å². The minimum absolute atomic E-state index is 0.743. The van der Waals surface area contributed by atoms with Gasteiger partial charge in [0.25, 0.3) is 0 Å². The zero-order chi connectivity index (χ0) is 12.7. The molecule has 0 amide bonds. The van der Waals surface area contributed by atoms with Crippen molar-refractivity contribution in [1.82, 2.24) is 9.88 Å². The molecular formula is C15H20N2O. The smallest absolute Gasteiger partial charge is 0.143 e. The summed E-state index contributed by atoms with van der Waals surface area (Å²) in [6.07, 6.45) is 4.86. The minimum Gasteiger partial charge on any atom is -0.495 e. The van der Waals surface area contributed by atoms with Crippen molar-refractivity contribution in [2.45, 2.75) is 32.4 Å². The molecule has 1 heterocycles. The summed E-state index contributed by atoms with van der Waals surface area (Å²) in [7, 11) is 3.82. The third kappa shape index (κ3) is 1.99. The predicted molar refractivity (Wildman–Crippen MR) is 74.1 cm³/mol. The SMILES string of the molecule is COc1cc(C)cc2c(CNC3CC3)cn(C)c12. The first kappa shape index (κ1) is 11.6. The largest absolute Gasteiger partial charge is 0.495 e. The molecule has 0 aliphatic heterocycles. The molecule has 0 bridgehead atoms. The van der Waals surface area contributed by atoms with Gasteiger partial charge in [0.2, 0.25) is 0 Å². The molecule has 2 aromatic rings. The normalized spacial score (nSPS) is 15.3. The molecule has 1 saturated carbocycles. The van der Waals surface area contributed by atoms with E-state index in [0.29, 0.717) is 0 Å². The Kier molecular flexibility index (Phi) is 2.78. The van der Waals surface area contributed by atoms with E-state index >= 15 is 0 Å². The second kappa shape index (κ2) is 4.32. The highest BCUT2D eigenvalue weighted by Crippen LogP contribution is 2.31. The highest BCUT2D eigenvalue weighted by Gasteiger charge is 2.21. The van der Waals surface area contributed by atoms with Crippen LogP contribution in [-0.4, -0.2) is 17.7 Å². The van der Waals surface area contributed by atoms with Gasteiger partial charge in [0.15, 0.2) is 0 Å². The second-order valence-corrected chi connectivity index (χ2v) is 5.28. The Morgan fingerprint density at radius 2 is 2.17 bits per heavy atom. The van der Waals surface area contributed by atoms with Crippen LogP contribution in [-0.2, 0) is 13.6 Å². The average molecular weight is 244 g/mol. The van der Waals surface area contributed by atoms with Gasteiger partial charge in [-0.25, -0.2) is 0 Å². The van der Waals surface area contributed by atoms with Crippen molar-refractivity contribution in [1.29, 1.82) is 0 Å². The molecule has 3 rings (SSSR count). The molecule has 3 nitrogen and oxygen atoms in total. The summed E-state index contributed by atoms with van der Waals surface area (Å²) in [4.78, 5) is 0. The lowest BCUT2D eigenvalue weighted by atomic mass is 10.1. The molecule has 0 radical (unpaired) electrons. The zero-order valence-electron chi connectivity index (χ0n) is 11.3. The van der Waals surface area contributed by atoms with Gasteiger partial charge in [0.05, 0.1) is 12.6 Å². The van der Waals surface area contributed by atoms with Crippen molar-refractivity contribution in [2.24, 2.45) is 7.05 Å². The highest BCUT2D eigenvalue weighted by atomic mass is 16.5. The van der Waals surface area contributed by atoms with Crippen molar-refractivity contribution >= 4 is 10.9 Å². The van der Waals surface area contributed by atoms with Crippen LogP contribution in [0.1, 0.15) is 24.0 Å². The summed E-state index contributed by atoms with van der Waals surface area (Å²) in [5, 5.41) is 4.89. The van der Waals surface area contributed by atoms with Gasteiger partial charge in [-0.2, -0.15) is 0 Å². The standard InChI is InChI=1S/C15H20N2O/c1-10-6-13-11(8-16-12-4-5-12)9-17(2)15(13)14(7-10)18-3/h6-7,9,12,16H,4-5,8H2,1-3H3. The Hall–Kier alpha value is -1.48. The van der Waals surface area contributed by atoms with E-state index in [1.807, 2.05) is 0 Å². The first-order chi connectivity index (χ1) is 8.69. The van der Waals surface area contributed by atoms with E-state index in [9.17, 15) is 0 Å². The molecule has 1 aromatic carbocycles. The van der Waals surface area contributed by atoms with E-state index in [1.54, 1.807) is 7.11 Å². The van der Waals surface area contributed by atoms with E-state index in [4.69, 9.17) is 4.74 Å². The lowest BCUT2D eigenvalue weighted by molar-refractivity contribution is 0.417. The number of ether oxygens (including phenoxy) is 1. The third-order valence-electron chi connectivity index (χ3n) is 3.65. The van der Waals surface area contributed by atoms with Crippen LogP contribution in [0, 0.1) is 6.92 Å². The number of hydrogen-bond acceptors (Lipinski definition) is 2. The number of hydrogen-bond donors (Lipinski definition) is 1. The Morgan fingerprint density at radius 3 is 2.83 bits per heavy atom. The van der Waals surface area contributed by atoms with Crippen molar-refractivity contribution in [3.05, 3.63) is 29.5 Å².